The molecule has 23 heavy (non-hydrogen) atoms. The van der Waals surface area contributed by atoms with Crippen molar-refractivity contribution >= 4 is 6.08 Å². The second-order valence-corrected chi connectivity index (χ2v) is 4.89. The highest BCUT2D eigenvalue weighted by molar-refractivity contribution is 5.56. The van der Waals surface area contributed by atoms with Gasteiger partial charge >= 0.3 is 0 Å². The molecule has 2 rings (SSSR count). The van der Waals surface area contributed by atoms with Crippen molar-refractivity contribution < 1.29 is 10.2 Å². The third-order valence-corrected chi connectivity index (χ3v) is 2.64. The predicted octanol–water partition coefficient (Wildman–Crippen LogP) is 5.96. The normalized spacial score (nSPS) is 9.35. The first kappa shape index (κ1) is 20.5. The molecule has 124 valence electrons. The summed E-state index contributed by atoms with van der Waals surface area (Å²) in [7, 11) is 0. The van der Waals surface area contributed by atoms with Crippen LogP contribution in [0.1, 0.15) is 38.3 Å². The van der Waals surface area contributed by atoms with E-state index in [0.29, 0.717) is 11.5 Å². The smallest absolute Gasteiger partial charge is 0.122 e. The molecular weight excluding hydrogens is 284 g/mol. The van der Waals surface area contributed by atoms with Gasteiger partial charge in [0.1, 0.15) is 11.5 Å². The third-order valence-electron chi connectivity index (χ3n) is 2.64. The molecule has 0 amide bonds. The molecule has 0 atom stereocenters. The molecule has 0 bridgehead atoms. The minimum Gasteiger partial charge on any atom is -0.508 e. The van der Waals surface area contributed by atoms with Gasteiger partial charge in [0.25, 0.3) is 0 Å². The molecule has 2 aromatic carbocycles. The van der Waals surface area contributed by atoms with E-state index in [-0.39, 0.29) is 0 Å². The van der Waals surface area contributed by atoms with Gasteiger partial charge in [0, 0.05) is 5.56 Å². The Balaban J connectivity index is 0.000000360. The molecule has 0 saturated carbocycles. The molecule has 2 aromatic rings. The Morgan fingerprint density at radius 1 is 0.913 bits per heavy atom. The van der Waals surface area contributed by atoms with Crippen molar-refractivity contribution in [3.05, 3.63) is 78.4 Å². The third kappa shape index (κ3) is 9.20. The quantitative estimate of drug-likeness (QED) is 0.686. The zero-order valence-electron chi connectivity index (χ0n) is 14.4. The van der Waals surface area contributed by atoms with Gasteiger partial charge in [-0.25, -0.2) is 0 Å². The lowest BCUT2D eigenvalue weighted by Gasteiger charge is -1.97. The van der Waals surface area contributed by atoms with E-state index in [2.05, 4.69) is 20.4 Å². The van der Waals surface area contributed by atoms with E-state index in [1.807, 2.05) is 55.5 Å². The zero-order valence-corrected chi connectivity index (χ0v) is 14.4. The van der Waals surface area contributed by atoms with Crippen molar-refractivity contribution in [1.82, 2.24) is 0 Å². The van der Waals surface area contributed by atoms with Crippen molar-refractivity contribution in [3.63, 3.8) is 0 Å². The summed E-state index contributed by atoms with van der Waals surface area (Å²) >= 11 is 0. The largest absolute Gasteiger partial charge is 0.508 e. The summed E-state index contributed by atoms with van der Waals surface area (Å²) in [4.78, 5) is 0. The molecule has 0 aromatic heterocycles. The summed E-state index contributed by atoms with van der Waals surface area (Å²) in [5.74, 6) is 0.683. The van der Waals surface area contributed by atoms with Crippen LogP contribution in [0.4, 0.5) is 0 Å². The lowest BCUT2D eigenvalue weighted by Crippen LogP contribution is -1.79. The lowest BCUT2D eigenvalue weighted by molar-refractivity contribution is 0.469. The molecule has 2 heteroatoms. The molecule has 0 saturated heterocycles. The Labute approximate surface area is 140 Å². The molecular formula is C21H28O2. The van der Waals surface area contributed by atoms with E-state index in [9.17, 15) is 10.2 Å². The van der Waals surface area contributed by atoms with Gasteiger partial charge in [0.15, 0.2) is 0 Å². The van der Waals surface area contributed by atoms with E-state index in [1.165, 1.54) is 6.42 Å². The Bertz CT molecular complexity index is 586. The average molecular weight is 312 g/mol. The van der Waals surface area contributed by atoms with Crippen LogP contribution in [0, 0.1) is 0 Å². The second-order valence-electron chi connectivity index (χ2n) is 4.89. The van der Waals surface area contributed by atoms with E-state index < -0.39 is 0 Å². The topological polar surface area (TPSA) is 40.5 Å². The fraction of sp³-hybridized carbons (Fsp3) is 0.238. The summed E-state index contributed by atoms with van der Waals surface area (Å²) < 4.78 is 0. The predicted molar refractivity (Wildman–Crippen MR) is 101 cm³/mol. The van der Waals surface area contributed by atoms with Crippen LogP contribution in [-0.2, 0) is 6.42 Å². The molecule has 0 aliphatic rings. The molecule has 0 aliphatic heterocycles. The van der Waals surface area contributed by atoms with Crippen LogP contribution in [0.15, 0.2) is 67.3 Å². The average Bonchev–Trinajstić information content (AvgIpc) is 2.54. The summed E-state index contributed by atoms with van der Waals surface area (Å²) in [5.41, 5.74) is 1.79. The number of hydrogen-bond acceptors (Lipinski definition) is 2. The first-order valence-corrected chi connectivity index (χ1v) is 7.89. The summed E-state index contributed by atoms with van der Waals surface area (Å²) in [6.07, 6.45) is 7.52. The van der Waals surface area contributed by atoms with Crippen LogP contribution in [0.5, 0.6) is 11.5 Å². The van der Waals surface area contributed by atoms with Gasteiger partial charge in [-0.05, 0) is 31.0 Å². The number of phenols is 2. The highest BCUT2D eigenvalue weighted by Crippen LogP contribution is 2.16. The summed E-state index contributed by atoms with van der Waals surface area (Å²) in [6.45, 7) is 9.76. The molecule has 2 nitrogen and oxygen atoms in total. The number of benzene rings is 2. The van der Waals surface area contributed by atoms with Gasteiger partial charge in [-0.15, -0.1) is 6.58 Å². The molecule has 2 N–H and O–H groups in total. The van der Waals surface area contributed by atoms with Gasteiger partial charge < -0.3 is 10.2 Å². The van der Waals surface area contributed by atoms with Crippen LogP contribution in [0.25, 0.3) is 6.08 Å². The second kappa shape index (κ2) is 13.2. The molecule has 0 spiro atoms. The van der Waals surface area contributed by atoms with Crippen LogP contribution in [-0.4, -0.2) is 10.2 Å². The maximum absolute atomic E-state index is 9.19. The Morgan fingerprint density at radius 3 is 1.91 bits per heavy atom. The van der Waals surface area contributed by atoms with E-state index in [1.54, 1.807) is 18.2 Å². The summed E-state index contributed by atoms with van der Waals surface area (Å²) in [5, 5.41) is 18.4. The molecule has 0 fully saturated rings. The number of para-hydroxylation sites is 2. The van der Waals surface area contributed by atoms with Crippen molar-refractivity contribution in [3.8, 4) is 11.5 Å². The molecule has 0 unspecified atom stereocenters. The van der Waals surface area contributed by atoms with Crippen LogP contribution >= 0.6 is 0 Å². The van der Waals surface area contributed by atoms with Crippen molar-refractivity contribution in [2.45, 2.75) is 33.6 Å². The fourth-order valence-electron chi connectivity index (χ4n) is 1.65. The maximum atomic E-state index is 9.19. The number of aromatic hydroxyl groups is 2. The Kier molecular flexibility index (Phi) is 11.8. The first-order valence-electron chi connectivity index (χ1n) is 7.89. The minimum absolute atomic E-state index is 0.334. The van der Waals surface area contributed by atoms with Crippen molar-refractivity contribution in [2.75, 3.05) is 0 Å². The van der Waals surface area contributed by atoms with Crippen LogP contribution < -0.4 is 0 Å². The first-order chi connectivity index (χ1) is 11.1. The van der Waals surface area contributed by atoms with Crippen molar-refractivity contribution in [2.24, 2.45) is 0 Å². The summed E-state index contributed by atoms with van der Waals surface area (Å²) in [6, 6.07) is 14.5. The number of rotatable bonds is 3. The number of allylic oxidation sites excluding steroid dienone is 2. The minimum atomic E-state index is 0.334. The zero-order chi connectivity index (χ0) is 17.5. The molecule has 0 heterocycles. The van der Waals surface area contributed by atoms with Gasteiger partial charge in [-0.1, -0.05) is 74.9 Å². The molecule has 0 aliphatic carbocycles. The Hall–Kier alpha value is -2.48. The standard InChI is InChI=1S/2C9H10O.C3H8/c2*1-2-5-8-6-3-4-7-9(8)10;1-3-2/h2-7,10H,1H3;2-4,6-7,10H,1,5H2;3H2,1-2H3/b5-2+;;. The number of phenolic OH excluding ortho intramolecular Hbond substituents is 2. The van der Waals surface area contributed by atoms with Gasteiger partial charge in [-0.3, -0.25) is 0 Å². The fourth-order valence-corrected chi connectivity index (χ4v) is 1.65. The SMILES string of the molecule is C/C=C/c1ccccc1O.C=CCc1ccccc1O.CCC. The van der Waals surface area contributed by atoms with E-state index in [4.69, 9.17) is 0 Å². The lowest BCUT2D eigenvalue weighted by atomic mass is 10.1. The highest BCUT2D eigenvalue weighted by Gasteiger charge is 1.94. The van der Waals surface area contributed by atoms with Gasteiger partial charge in [0.2, 0.25) is 0 Å². The van der Waals surface area contributed by atoms with Crippen molar-refractivity contribution in [1.29, 1.82) is 0 Å². The van der Waals surface area contributed by atoms with Crippen LogP contribution in [0.3, 0.4) is 0 Å². The molecule has 0 radical (unpaired) electrons. The van der Waals surface area contributed by atoms with Gasteiger partial charge in [0.05, 0.1) is 0 Å². The maximum Gasteiger partial charge on any atom is 0.122 e. The van der Waals surface area contributed by atoms with Crippen LogP contribution in [0.2, 0.25) is 0 Å². The van der Waals surface area contributed by atoms with E-state index in [0.717, 1.165) is 17.5 Å². The monoisotopic (exact) mass is 312 g/mol. The van der Waals surface area contributed by atoms with E-state index >= 15 is 0 Å². The number of hydrogen-bond donors (Lipinski definition) is 2. The van der Waals surface area contributed by atoms with Gasteiger partial charge in [-0.2, -0.15) is 0 Å². The highest BCUT2D eigenvalue weighted by atomic mass is 16.3. The Morgan fingerprint density at radius 2 is 1.43 bits per heavy atom.